The minimum absolute atomic E-state index is 0.0000261. The highest BCUT2D eigenvalue weighted by Crippen LogP contribution is 2.37. The summed E-state index contributed by atoms with van der Waals surface area (Å²) in [5.74, 6) is -1.04. The molecule has 0 aromatic heterocycles. The van der Waals surface area contributed by atoms with Crippen molar-refractivity contribution in [1.29, 1.82) is 0 Å². The molecule has 2 fully saturated rings. The first-order chi connectivity index (χ1) is 11.0. The predicted octanol–water partition coefficient (Wildman–Crippen LogP) is 3.07. The van der Waals surface area contributed by atoms with Crippen LogP contribution in [0.3, 0.4) is 0 Å². The highest BCUT2D eigenvalue weighted by Gasteiger charge is 2.40. The van der Waals surface area contributed by atoms with Gasteiger partial charge in [-0.1, -0.05) is 37.3 Å². The Kier molecular flexibility index (Phi) is 4.42. The van der Waals surface area contributed by atoms with Crippen LogP contribution in [0.4, 0.5) is 0 Å². The smallest absolute Gasteiger partial charge is 0.306 e. The average Bonchev–Trinajstić information content (AvgIpc) is 3.05. The zero-order valence-electron chi connectivity index (χ0n) is 13.7. The first kappa shape index (κ1) is 16.0. The van der Waals surface area contributed by atoms with Crippen molar-refractivity contribution in [2.75, 3.05) is 13.1 Å². The van der Waals surface area contributed by atoms with E-state index in [1.165, 1.54) is 5.56 Å². The van der Waals surface area contributed by atoms with Gasteiger partial charge >= 0.3 is 5.97 Å². The number of carbonyl (C=O) groups excluding carboxylic acids is 1. The Morgan fingerprint density at radius 2 is 1.87 bits per heavy atom. The lowest BCUT2D eigenvalue weighted by atomic mass is 9.75. The van der Waals surface area contributed by atoms with Crippen LogP contribution in [-0.4, -0.2) is 35.0 Å². The van der Waals surface area contributed by atoms with Gasteiger partial charge in [-0.3, -0.25) is 9.59 Å². The van der Waals surface area contributed by atoms with Crippen LogP contribution in [0, 0.1) is 11.8 Å². The minimum atomic E-state index is -0.756. The van der Waals surface area contributed by atoms with E-state index in [0.717, 1.165) is 25.9 Å². The zero-order valence-corrected chi connectivity index (χ0v) is 13.7. The Morgan fingerprint density at radius 3 is 2.52 bits per heavy atom. The molecular weight excluding hydrogens is 290 g/mol. The number of carboxylic acids is 1. The number of hydrogen-bond donors (Lipinski definition) is 1. The summed E-state index contributed by atoms with van der Waals surface area (Å²) < 4.78 is 0. The van der Waals surface area contributed by atoms with Gasteiger partial charge in [-0.2, -0.15) is 0 Å². The number of piperidine rings is 1. The van der Waals surface area contributed by atoms with Crippen molar-refractivity contribution in [3.05, 3.63) is 35.9 Å². The van der Waals surface area contributed by atoms with Crippen molar-refractivity contribution >= 4 is 11.9 Å². The topological polar surface area (TPSA) is 57.6 Å². The molecule has 0 radical (unpaired) electrons. The van der Waals surface area contributed by atoms with E-state index in [4.69, 9.17) is 5.11 Å². The molecule has 1 aromatic carbocycles. The summed E-state index contributed by atoms with van der Waals surface area (Å²) in [4.78, 5) is 25.9. The summed E-state index contributed by atoms with van der Waals surface area (Å²) in [5.41, 5.74) is 1.28. The van der Waals surface area contributed by atoms with E-state index in [9.17, 15) is 9.59 Å². The van der Waals surface area contributed by atoms with Gasteiger partial charge in [0, 0.05) is 24.4 Å². The number of carboxylic acid groups (broad SMARTS) is 1. The molecule has 1 amide bonds. The van der Waals surface area contributed by atoms with Crippen LogP contribution in [0.2, 0.25) is 0 Å². The maximum atomic E-state index is 12.8. The second kappa shape index (κ2) is 6.34. The van der Waals surface area contributed by atoms with Crippen LogP contribution >= 0.6 is 0 Å². The summed E-state index contributed by atoms with van der Waals surface area (Å²) in [6.45, 7) is 3.77. The van der Waals surface area contributed by atoms with E-state index in [0.29, 0.717) is 19.3 Å². The molecule has 2 aliphatic rings. The molecule has 1 heterocycles. The fourth-order valence-electron chi connectivity index (χ4n) is 4.19. The Labute approximate surface area is 137 Å². The van der Waals surface area contributed by atoms with E-state index >= 15 is 0 Å². The molecule has 1 aliphatic heterocycles. The molecule has 3 atom stereocenters. The van der Waals surface area contributed by atoms with Gasteiger partial charge in [0.25, 0.3) is 0 Å². The van der Waals surface area contributed by atoms with E-state index < -0.39 is 5.97 Å². The van der Waals surface area contributed by atoms with E-state index in [1.807, 2.05) is 11.0 Å². The number of benzene rings is 1. The van der Waals surface area contributed by atoms with Crippen LogP contribution < -0.4 is 0 Å². The second-order valence-corrected chi connectivity index (χ2v) is 7.34. The molecule has 0 bridgehead atoms. The number of likely N-dealkylation sites (tertiary alicyclic amines) is 1. The summed E-state index contributed by atoms with van der Waals surface area (Å²) in [6.07, 6.45) is 3.95. The lowest BCUT2D eigenvalue weighted by molar-refractivity contribution is -0.142. The molecule has 1 N–H and O–H groups in total. The third kappa shape index (κ3) is 3.26. The molecule has 1 saturated carbocycles. The zero-order chi connectivity index (χ0) is 16.4. The van der Waals surface area contributed by atoms with Crippen LogP contribution in [0.15, 0.2) is 30.3 Å². The van der Waals surface area contributed by atoms with E-state index in [2.05, 4.69) is 31.2 Å². The van der Waals surface area contributed by atoms with Gasteiger partial charge in [0.2, 0.25) is 5.91 Å². The first-order valence-corrected chi connectivity index (χ1v) is 8.57. The molecule has 0 spiro atoms. The molecule has 124 valence electrons. The average molecular weight is 315 g/mol. The molecule has 1 saturated heterocycles. The highest BCUT2D eigenvalue weighted by atomic mass is 16.4. The maximum Gasteiger partial charge on any atom is 0.306 e. The summed E-state index contributed by atoms with van der Waals surface area (Å²) >= 11 is 0. The molecule has 1 aromatic rings. The minimum Gasteiger partial charge on any atom is -0.481 e. The number of amides is 1. The lowest BCUT2D eigenvalue weighted by Gasteiger charge is -2.42. The van der Waals surface area contributed by atoms with Gasteiger partial charge < -0.3 is 10.0 Å². The van der Waals surface area contributed by atoms with Gasteiger partial charge in [-0.25, -0.2) is 0 Å². The SMILES string of the molecule is CC1(c2ccccc2)CCCN(C(=O)[C@@H]2CC[C@H](C(=O)O)C2)C1. The van der Waals surface area contributed by atoms with E-state index in [-0.39, 0.29) is 23.2 Å². The summed E-state index contributed by atoms with van der Waals surface area (Å²) in [6, 6.07) is 10.4. The van der Waals surface area contributed by atoms with Crippen LogP contribution in [0.5, 0.6) is 0 Å². The second-order valence-electron chi connectivity index (χ2n) is 7.34. The van der Waals surface area contributed by atoms with Gasteiger partial charge in [0.1, 0.15) is 0 Å². The van der Waals surface area contributed by atoms with Crippen molar-refractivity contribution in [3.63, 3.8) is 0 Å². The number of nitrogens with zero attached hydrogens (tertiary/aromatic N) is 1. The predicted molar refractivity (Wildman–Crippen MR) is 88.1 cm³/mol. The molecule has 1 aliphatic carbocycles. The van der Waals surface area contributed by atoms with Gasteiger partial charge in [-0.05, 0) is 37.7 Å². The number of carbonyl (C=O) groups is 2. The lowest BCUT2D eigenvalue weighted by Crippen LogP contribution is -2.48. The highest BCUT2D eigenvalue weighted by molar-refractivity contribution is 5.81. The molecule has 23 heavy (non-hydrogen) atoms. The fraction of sp³-hybridized carbons (Fsp3) is 0.579. The number of hydrogen-bond acceptors (Lipinski definition) is 2. The Hall–Kier alpha value is -1.84. The molecule has 4 nitrogen and oxygen atoms in total. The molecule has 4 heteroatoms. The largest absolute Gasteiger partial charge is 0.481 e. The van der Waals surface area contributed by atoms with Crippen LogP contribution in [0.25, 0.3) is 0 Å². The number of aliphatic carboxylic acids is 1. The van der Waals surface area contributed by atoms with Gasteiger partial charge in [0.15, 0.2) is 0 Å². The van der Waals surface area contributed by atoms with Crippen molar-refractivity contribution in [2.45, 2.75) is 44.4 Å². The number of rotatable bonds is 3. The third-order valence-electron chi connectivity index (χ3n) is 5.61. The van der Waals surface area contributed by atoms with Crippen molar-refractivity contribution in [1.82, 2.24) is 4.90 Å². The fourth-order valence-corrected chi connectivity index (χ4v) is 4.19. The summed E-state index contributed by atoms with van der Waals surface area (Å²) in [5, 5.41) is 9.13. The van der Waals surface area contributed by atoms with Crippen molar-refractivity contribution in [3.8, 4) is 0 Å². The summed E-state index contributed by atoms with van der Waals surface area (Å²) in [7, 11) is 0. The van der Waals surface area contributed by atoms with E-state index in [1.54, 1.807) is 0 Å². The maximum absolute atomic E-state index is 12.8. The Bertz CT molecular complexity index is 586. The standard InChI is InChI=1S/C19H25NO3/c1-19(16-6-3-2-4-7-16)10-5-11-20(13-19)17(21)14-8-9-15(12-14)18(22)23/h2-4,6-7,14-15H,5,8-13H2,1H3,(H,22,23)/t14-,15+,19?/m1/s1. The van der Waals surface area contributed by atoms with Crippen molar-refractivity contribution in [2.24, 2.45) is 11.8 Å². The Balaban J connectivity index is 1.69. The normalized spacial score (nSPS) is 31.1. The first-order valence-electron chi connectivity index (χ1n) is 8.57. The van der Waals surface area contributed by atoms with Gasteiger partial charge in [0.05, 0.1) is 5.92 Å². The monoisotopic (exact) mass is 315 g/mol. The molecule has 1 unspecified atom stereocenters. The third-order valence-corrected chi connectivity index (χ3v) is 5.61. The molecule has 3 rings (SSSR count). The van der Waals surface area contributed by atoms with Crippen LogP contribution in [0.1, 0.15) is 44.6 Å². The molecular formula is C19H25NO3. The Morgan fingerprint density at radius 1 is 1.17 bits per heavy atom. The van der Waals surface area contributed by atoms with Crippen LogP contribution in [-0.2, 0) is 15.0 Å². The van der Waals surface area contributed by atoms with Crippen molar-refractivity contribution < 1.29 is 14.7 Å². The van der Waals surface area contributed by atoms with Gasteiger partial charge in [-0.15, -0.1) is 0 Å². The quantitative estimate of drug-likeness (QED) is 0.932.